The van der Waals surface area contributed by atoms with E-state index in [0.29, 0.717) is 0 Å². The maximum atomic E-state index is 12.0. The Morgan fingerprint density at radius 2 is 0.826 bits per heavy atom. The molecule has 0 aromatic carbocycles. The van der Waals surface area contributed by atoms with Crippen molar-refractivity contribution in [3.05, 3.63) is 37.5 Å². The monoisotopic (exact) mass is 754 g/mol. The zero-order valence-electron chi connectivity index (χ0n) is 20.9. The normalized spacial score (nSPS) is 13.4. The van der Waals surface area contributed by atoms with E-state index >= 15 is 0 Å². The molecule has 0 aliphatic heterocycles. The van der Waals surface area contributed by atoms with Gasteiger partial charge in [0.15, 0.2) is 5.76 Å². The number of methoxy groups -OCH3 is 1. The number of hydrogen-bond acceptors (Lipinski definition) is 4. The summed E-state index contributed by atoms with van der Waals surface area (Å²) >= 11 is 0. The van der Waals surface area contributed by atoms with Crippen LogP contribution in [0.4, 0.5) is 110 Å². The summed E-state index contributed by atoms with van der Waals surface area (Å²) in [5, 5.41) is 0. The van der Waals surface area contributed by atoms with Crippen LogP contribution >= 0.6 is 0 Å². The van der Waals surface area contributed by atoms with Crippen molar-refractivity contribution in [2.24, 2.45) is 0 Å². The molecule has 0 aromatic heterocycles. The van der Waals surface area contributed by atoms with Gasteiger partial charge < -0.3 is 14.2 Å². The number of hydrogen-bond donors (Lipinski definition) is 0. The van der Waals surface area contributed by atoms with Crippen LogP contribution in [0.25, 0.3) is 0 Å². The van der Waals surface area contributed by atoms with E-state index in [-0.39, 0.29) is 0 Å². The van der Waals surface area contributed by atoms with Gasteiger partial charge in [0.05, 0.1) is 7.11 Å². The van der Waals surface area contributed by atoms with Gasteiger partial charge in [-0.3, -0.25) is 0 Å². The molecule has 0 rings (SSSR count). The zero-order chi connectivity index (χ0) is 38.8. The molecule has 0 saturated heterocycles. The van der Waals surface area contributed by atoms with Crippen molar-refractivity contribution in [1.29, 1.82) is 0 Å². The molecule has 46 heavy (non-hydrogen) atoms. The Labute approximate surface area is 236 Å². The molecule has 0 aliphatic carbocycles. The molecule has 0 fully saturated rings. The van der Waals surface area contributed by atoms with E-state index in [1.807, 2.05) is 6.58 Å². The average molecular weight is 754 g/mol. The highest BCUT2D eigenvalue weighted by Gasteiger charge is 2.76. The molecule has 0 aromatic rings. The first-order valence-corrected chi connectivity index (χ1v) is 9.34. The molecule has 0 saturated carbocycles. The zero-order valence-corrected chi connectivity index (χ0v) is 20.9. The topological polar surface area (TPSA) is 36.9 Å². The molecule has 0 N–H and O–H groups in total. The quantitative estimate of drug-likeness (QED) is 0.174. The predicted molar refractivity (Wildman–Crippen MR) is 94.6 cm³/mol. The van der Waals surface area contributed by atoms with Gasteiger partial charge in [0, 0.05) is 0 Å². The summed E-state index contributed by atoms with van der Waals surface area (Å²) in [4.78, 5) is 1.23. The summed E-state index contributed by atoms with van der Waals surface area (Å²) in [6.45, 7) is 6.80. The van der Waals surface area contributed by atoms with Crippen LogP contribution in [0.3, 0.4) is 0 Å². The van der Waals surface area contributed by atoms with Crippen molar-refractivity contribution in [3.63, 3.8) is 0 Å². The number of ether oxygens (including phenoxy) is 3. The van der Waals surface area contributed by atoms with E-state index in [0.717, 1.165) is 7.11 Å². The van der Waals surface area contributed by atoms with Gasteiger partial charge in [-0.05, 0) is 17.7 Å². The summed E-state index contributed by atoms with van der Waals surface area (Å²) in [7, 11) is 0.926. The van der Waals surface area contributed by atoms with Crippen molar-refractivity contribution in [1.82, 2.24) is 0 Å². The van der Waals surface area contributed by atoms with Gasteiger partial charge in [-0.15, -0.1) is 4.94 Å². The van der Waals surface area contributed by atoms with Crippen molar-refractivity contribution in [2.75, 3.05) is 7.11 Å². The predicted octanol–water partition coefficient (Wildman–Crippen LogP) is 10.6. The first-order valence-electron chi connectivity index (χ1n) is 9.34. The molecule has 0 radical (unpaired) electrons. The van der Waals surface area contributed by atoms with E-state index in [1.54, 1.807) is 0 Å². The summed E-state index contributed by atoms with van der Waals surface area (Å²) in [6.07, 6.45) is -42.0. The van der Waals surface area contributed by atoms with Crippen molar-refractivity contribution in [3.8, 4) is 0 Å². The molecule has 0 heterocycles. The highest BCUT2D eigenvalue weighted by Crippen LogP contribution is 2.48. The Bertz CT molecular complexity index is 956. The fourth-order valence-corrected chi connectivity index (χ4v) is 1.13. The Morgan fingerprint density at radius 1 is 0.522 bits per heavy atom. The lowest BCUT2D eigenvalue weighted by Crippen LogP contribution is -2.53. The summed E-state index contributed by atoms with van der Waals surface area (Å²) in [5.41, 5.74) is 0. The summed E-state index contributed by atoms with van der Waals surface area (Å²) in [5.74, 6) is -14.2. The first-order chi connectivity index (χ1) is 19.6. The van der Waals surface area contributed by atoms with Crippen molar-refractivity contribution < 1.29 is 129 Å². The smallest absolute Gasteiger partial charge is 0.475 e. The molecule has 0 atom stereocenters. The van der Waals surface area contributed by atoms with Crippen LogP contribution in [0.15, 0.2) is 37.5 Å². The lowest BCUT2D eigenvalue weighted by atomic mass is 10.3. The molecule has 0 amide bonds. The number of halogens is 25. The third-order valence-corrected chi connectivity index (χ3v) is 3.01. The van der Waals surface area contributed by atoms with E-state index in [2.05, 4.69) is 27.4 Å². The van der Waals surface area contributed by atoms with Crippen LogP contribution in [0.2, 0.25) is 0 Å². The molecule has 0 aliphatic rings. The van der Waals surface area contributed by atoms with E-state index < -0.39 is 79.1 Å². The number of rotatable bonds is 9. The van der Waals surface area contributed by atoms with Crippen LogP contribution < -0.4 is 0 Å². The van der Waals surface area contributed by atoms with Crippen LogP contribution in [0, 0.1) is 0 Å². The molecular weight excluding hydrogens is 743 g/mol. The Balaban J connectivity index is -0.000000260. The SMILES string of the molecule is C=C(F)OC(F)(F)C(F)(F)C(F)(F)F.C=C(F)OC(F)(F)CC(F)(F)F.C=C(OC)C(F)(F)F.FOC(F)(F)C(F)(F)C(F)(F)F. The highest BCUT2D eigenvalue weighted by molar-refractivity contribution is 4.90. The van der Waals surface area contributed by atoms with Gasteiger partial charge in [-0.25, -0.2) is 0 Å². The largest absolute Gasteiger partial charge is 0.493 e. The minimum absolute atomic E-state index is 0.926. The van der Waals surface area contributed by atoms with Gasteiger partial charge in [0.2, 0.25) is 0 Å². The minimum Gasteiger partial charge on any atom is -0.493 e. The molecule has 0 spiro atoms. The second-order valence-corrected chi connectivity index (χ2v) is 6.72. The van der Waals surface area contributed by atoms with Crippen molar-refractivity contribution in [2.45, 2.75) is 61.3 Å². The van der Waals surface area contributed by atoms with E-state index in [4.69, 9.17) is 0 Å². The molecule has 0 bridgehead atoms. The maximum Gasteiger partial charge on any atom is 0.475 e. The fraction of sp³-hybridized carbons (Fsp3) is 0.647. The number of alkyl halides is 22. The molecule has 278 valence electrons. The van der Waals surface area contributed by atoms with Crippen LogP contribution in [0.5, 0.6) is 0 Å². The fourth-order valence-electron chi connectivity index (χ4n) is 1.13. The molecule has 0 unspecified atom stereocenters. The first kappa shape index (κ1) is 49.7. The lowest BCUT2D eigenvalue weighted by Gasteiger charge is -2.26. The lowest BCUT2D eigenvalue weighted by molar-refractivity contribution is -0.471. The Morgan fingerprint density at radius 3 is 0.978 bits per heavy atom. The second-order valence-electron chi connectivity index (χ2n) is 6.72. The number of allylic oxidation sites excluding steroid dienone is 1. The van der Waals surface area contributed by atoms with Gasteiger partial charge in [0.1, 0.15) is 6.42 Å². The Hall–Kier alpha value is -3.17. The third-order valence-electron chi connectivity index (χ3n) is 3.01. The standard InChI is InChI=1S/C5H2F8O.C5H4F6O.C4H5F3O.C3F8O/c1-2(6)14-5(12,13)3(7,8)4(9,10)11;1-3(6)12-5(10,11)2-4(7,8)9;1-3(8-2)4(5,6)7;4-1(5,2(6,7)8)3(9,10)12-11/h1H2;1-2H2;1H2,2H3;. The molecular formula is C17H11F25O4. The molecule has 29 heteroatoms. The summed E-state index contributed by atoms with van der Waals surface area (Å²) in [6, 6.07) is -4.40. The van der Waals surface area contributed by atoms with E-state index in [1.165, 1.54) is 4.94 Å². The third kappa shape index (κ3) is 18.1. The van der Waals surface area contributed by atoms with Crippen LogP contribution in [-0.2, 0) is 19.2 Å². The van der Waals surface area contributed by atoms with Gasteiger partial charge in [-0.2, -0.15) is 105 Å². The second kappa shape index (κ2) is 16.6. The average Bonchev–Trinajstić information content (AvgIpc) is 2.73. The van der Waals surface area contributed by atoms with E-state index in [9.17, 15) is 110 Å². The van der Waals surface area contributed by atoms with Gasteiger partial charge in [0.25, 0.3) is 12.0 Å². The minimum atomic E-state index is -6.57. The molecule has 4 nitrogen and oxygen atoms in total. The summed E-state index contributed by atoms with van der Waals surface area (Å²) < 4.78 is 294. The van der Waals surface area contributed by atoms with Gasteiger partial charge in [-0.1, -0.05) is 6.58 Å². The van der Waals surface area contributed by atoms with Crippen LogP contribution in [-0.4, -0.2) is 62.0 Å². The van der Waals surface area contributed by atoms with Crippen LogP contribution in [0.1, 0.15) is 6.42 Å². The van der Waals surface area contributed by atoms with Crippen molar-refractivity contribution >= 4 is 0 Å². The van der Waals surface area contributed by atoms with Gasteiger partial charge >= 0.3 is 54.9 Å². The highest BCUT2D eigenvalue weighted by atomic mass is 19.4. The Kier molecular flexibility index (Phi) is 17.9. The maximum absolute atomic E-state index is 12.0.